The van der Waals surface area contributed by atoms with Crippen molar-refractivity contribution in [3.63, 3.8) is 0 Å². The van der Waals surface area contributed by atoms with Crippen LogP contribution in [0, 0.1) is 23.2 Å². The van der Waals surface area contributed by atoms with E-state index in [1.807, 2.05) is 72.1 Å². The molecule has 100 heavy (non-hydrogen) atoms. The fraction of sp³-hybridized carbons (Fsp3) is 0.712. The number of aromatic nitrogens is 1. The summed E-state index contributed by atoms with van der Waals surface area (Å²) in [6.07, 6.45) is 6.33. The SMILES string of the molecule is C=C(C)C(=O)OCCNC(=O)OC(C)COC(=O)C(C)(C)CC.C=C(C)C(=O)OCCNC(=O)OCCOCC(C)CC.C=CC(=O)OCCNC(=O)OC(COCC(C)CC)COS(=O)(=O)[O-].CCC(C)C(=O)NC(C)(C)CS(=O)(=O)[O-].CCC(C)Cl.CCC(C)Cl.[K+].c1cc[nH+]cc1. The number of nitrogens with one attached hydrogen (secondary N) is 5. The van der Waals surface area contributed by atoms with Gasteiger partial charge in [-0.3, -0.25) is 13.8 Å². The zero-order chi connectivity index (χ0) is 77.8. The number of pyridine rings is 1. The Morgan fingerprint density at radius 3 is 1.38 bits per heavy atom. The molecule has 0 aliphatic carbocycles. The summed E-state index contributed by atoms with van der Waals surface area (Å²) in [7, 11) is -9.24. The van der Waals surface area contributed by atoms with Crippen molar-refractivity contribution < 1.29 is 167 Å². The van der Waals surface area contributed by atoms with Crippen molar-refractivity contribution in [2.45, 2.75) is 192 Å². The van der Waals surface area contributed by atoms with E-state index in [1.165, 1.54) is 20.8 Å². The molecule has 0 aromatic carbocycles. The van der Waals surface area contributed by atoms with Crippen molar-refractivity contribution >= 4 is 91.8 Å². The van der Waals surface area contributed by atoms with E-state index in [2.05, 4.69) is 82.6 Å². The van der Waals surface area contributed by atoms with Gasteiger partial charge < -0.3 is 73.0 Å². The molecule has 7 atom stereocenters. The Kier molecular flexibility index (Phi) is 72.3. The molecule has 578 valence electrons. The maximum atomic E-state index is 11.8. The average Bonchev–Trinajstić information content (AvgIpc) is 0.880. The first kappa shape index (κ1) is 109. The first-order valence-corrected chi connectivity index (χ1v) is 36.3. The van der Waals surface area contributed by atoms with Crippen LogP contribution in [-0.2, 0) is 91.3 Å². The number of hydrogen-bond donors (Lipinski definition) is 4. The molecule has 7 unspecified atom stereocenters. The predicted molar refractivity (Wildman–Crippen MR) is 376 cm³/mol. The minimum absolute atomic E-state index is 0. The number of hydrogen-bond acceptors (Lipinski definition) is 24. The number of aromatic amines is 1. The van der Waals surface area contributed by atoms with Gasteiger partial charge in [-0.25, -0.2) is 50.6 Å². The Morgan fingerprint density at radius 1 is 0.570 bits per heavy atom. The monoisotopic (exact) mass is 1540 g/mol. The average molecular weight is 1540 g/mol. The van der Waals surface area contributed by atoms with Crippen LogP contribution in [0.3, 0.4) is 0 Å². The number of H-pyrrole nitrogens is 1. The molecule has 0 radical (unpaired) electrons. The summed E-state index contributed by atoms with van der Waals surface area (Å²) in [6, 6.07) is 5.86. The van der Waals surface area contributed by atoms with Gasteiger partial charge in [-0.2, -0.15) is 0 Å². The molecule has 0 fully saturated rings. The molecule has 1 aromatic rings. The summed E-state index contributed by atoms with van der Waals surface area (Å²) in [5.74, 6) is -2.20. The first-order chi connectivity index (χ1) is 45.9. The predicted octanol–water partition coefficient (Wildman–Crippen LogP) is 6.47. The first-order valence-electron chi connectivity index (χ1n) is 32.5. The van der Waals surface area contributed by atoms with E-state index in [9.17, 15) is 64.3 Å². The molecule has 1 aromatic heterocycles. The second kappa shape index (κ2) is 66.4. The van der Waals surface area contributed by atoms with Crippen molar-refractivity contribution in [1.82, 2.24) is 21.3 Å². The van der Waals surface area contributed by atoms with Crippen LogP contribution < -0.4 is 77.6 Å². The second-order valence-corrected chi connectivity index (χ2v) is 27.3. The molecule has 29 nitrogen and oxygen atoms in total. The number of carbonyl (C=O) groups excluding carboxylic acids is 8. The number of rotatable bonds is 39. The second-order valence-electron chi connectivity index (χ2n) is 23.4. The van der Waals surface area contributed by atoms with Crippen molar-refractivity contribution in [1.29, 1.82) is 0 Å². The minimum atomic E-state index is -4.92. The van der Waals surface area contributed by atoms with E-state index in [4.69, 9.17) is 61.1 Å². The molecule has 0 aliphatic rings. The minimum Gasteiger partial charge on any atom is -0.748 e. The summed E-state index contributed by atoms with van der Waals surface area (Å²) in [4.78, 5) is 93.4. The number of carbonyl (C=O) groups is 8. The van der Waals surface area contributed by atoms with Gasteiger partial charge >= 0.3 is 93.5 Å². The van der Waals surface area contributed by atoms with Gasteiger partial charge in [0.1, 0.15) is 45.7 Å². The van der Waals surface area contributed by atoms with Gasteiger partial charge in [0.05, 0.1) is 54.1 Å². The van der Waals surface area contributed by atoms with Gasteiger partial charge in [-0.05, 0) is 99.8 Å². The third-order valence-electron chi connectivity index (χ3n) is 12.3. The molecule has 1 heterocycles. The number of alkyl carbamates (subject to hydrolysis) is 3. The van der Waals surface area contributed by atoms with Crippen molar-refractivity contribution in [3.05, 3.63) is 67.6 Å². The Labute approximate surface area is 649 Å². The number of ether oxygens (including phenoxy) is 9. The van der Waals surface area contributed by atoms with Crippen LogP contribution in [0.25, 0.3) is 0 Å². The molecule has 0 aliphatic heterocycles. The number of amides is 4. The van der Waals surface area contributed by atoms with Crippen LogP contribution >= 0.6 is 23.2 Å². The standard InChI is InChI=1S/C16H27NO6.C14H25NO9S.C14H25NO5.C9H19NO4S.C5H5N.2C4H9Cl.K/c1-7-16(5,6)14(19)22-10-12(4)23-15(20)17-8-9-21-13(18)11(2)3;1-4-11(3)8-21-9-12(10-23-25(18,19)20)24-14(17)15-6-7-22-13(16)5-2;1-5-12(4)10-18-8-9-20-14(17)15-6-7-19-13(16)11(2)3;1-5-7(2)8(11)10-9(3,4)6-15(12,13)14;1-2-4-6-5-3-1;2*1-3-4(2)5;/h12H,2,7-10H2,1,3-6H3,(H,17,20);5,11-12H,2,4,6-10H2,1,3H3,(H,15,17)(H,18,19,20);12H,2,5-10H2,1,3-4H3,(H,15,17);7H,5-6H2,1-4H3,(H,10,11)(H,12,13,14);1-5H;2*4H,3H2,1-2H3;/q;;;;;;;+1/p-1. The molecule has 34 heteroatoms. The van der Waals surface area contributed by atoms with E-state index in [-0.39, 0.29) is 140 Å². The van der Waals surface area contributed by atoms with Crippen LogP contribution in [0.5, 0.6) is 0 Å². The zero-order valence-corrected chi connectivity index (χ0v) is 68.9. The summed E-state index contributed by atoms with van der Waals surface area (Å²) in [5, 5.41) is 10.4. The van der Waals surface area contributed by atoms with Crippen molar-refractivity contribution in [2.75, 3.05) is 91.5 Å². The van der Waals surface area contributed by atoms with Gasteiger partial charge in [0, 0.05) is 64.8 Å². The van der Waals surface area contributed by atoms with Crippen molar-refractivity contribution in [2.24, 2.45) is 23.2 Å². The van der Waals surface area contributed by atoms with Crippen LogP contribution in [0.1, 0.15) is 163 Å². The Bertz CT molecular complexity index is 2590. The van der Waals surface area contributed by atoms with Gasteiger partial charge in [0.15, 0.2) is 18.5 Å². The van der Waals surface area contributed by atoms with E-state index < -0.39 is 92.2 Å². The largest absolute Gasteiger partial charge is 1.00 e. The normalized spacial score (nSPS) is 12.7. The zero-order valence-electron chi connectivity index (χ0n) is 62.6. The molecule has 0 spiro atoms. The Morgan fingerprint density at radius 2 is 1.01 bits per heavy atom. The van der Waals surface area contributed by atoms with Crippen LogP contribution in [0.2, 0.25) is 0 Å². The molecule has 5 N–H and O–H groups in total. The summed E-state index contributed by atoms with van der Waals surface area (Å²) < 4.78 is 112. The smallest absolute Gasteiger partial charge is 0.748 e. The number of esters is 4. The maximum absolute atomic E-state index is 11.8. The van der Waals surface area contributed by atoms with Gasteiger partial charge in [-0.15, -0.1) is 23.2 Å². The van der Waals surface area contributed by atoms with Crippen molar-refractivity contribution in [3.8, 4) is 0 Å². The summed E-state index contributed by atoms with van der Waals surface area (Å²) in [5.41, 5.74) is -0.958. The summed E-state index contributed by atoms with van der Waals surface area (Å²) in [6.45, 7) is 44.3. The number of alkyl halides is 2. The number of halogens is 2. The molecule has 4 amide bonds. The van der Waals surface area contributed by atoms with Gasteiger partial charge in [-0.1, -0.05) is 101 Å². The van der Waals surface area contributed by atoms with Crippen LogP contribution in [0.4, 0.5) is 14.4 Å². The molecule has 0 saturated carbocycles. The van der Waals surface area contributed by atoms with E-state index in [1.54, 1.807) is 34.6 Å². The van der Waals surface area contributed by atoms with E-state index >= 15 is 0 Å². The Hall–Kier alpha value is -4.55. The molecule has 1 rings (SSSR count). The molecular weight excluding hydrogens is 1420 g/mol. The van der Waals surface area contributed by atoms with Crippen LogP contribution in [0.15, 0.2) is 67.6 Å². The molecule has 0 bridgehead atoms. The van der Waals surface area contributed by atoms with Gasteiger partial charge in [0.2, 0.25) is 16.3 Å². The third-order valence-corrected chi connectivity index (χ3v) is 14.4. The fourth-order valence-electron chi connectivity index (χ4n) is 5.09. The Balaban J connectivity index is -0.000000215. The molecular formula is C66H118Cl2KN5O24S2. The third kappa shape index (κ3) is 80.8. The maximum Gasteiger partial charge on any atom is 1.00 e. The summed E-state index contributed by atoms with van der Waals surface area (Å²) >= 11 is 10.9. The van der Waals surface area contributed by atoms with E-state index in [0.717, 1.165) is 31.8 Å². The quantitative estimate of drug-likeness (QED) is 0.00801. The van der Waals surface area contributed by atoms with Crippen LogP contribution in [-0.4, -0.2) is 194 Å². The van der Waals surface area contributed by atoms with Gasteiger partial charge in [0.25, 0.3) is 0 Å². The topological polar surface area (TPSA) is 406 Å². The molecule has 0 saturated heterocycles. The van der Waals surface area contributed by atoms with E-state index in [0.29, 0.717) is 54.9 Å². The fourth-order valence-corrected chi connectivity index (χ4v) is 6.37.